The zero-order chi connectivity index (χ0) is 15.2. The van der Waals surface area contributed by atoms with Gasteiger partial charge < -0.3 is 4.74 Å². The van der Waals surface area contributed by atoms with Crippen molar-refractivity contribution in [1.29, 1.82) is 0 Å². The van der Waals surface area contributed by atoms with E-state index < -0.39 is 0 Å². The van der Waals surface area contributed by atoms with Gasteiger partial charge in [-0.25, -0.2) is 0 Å². The van der Waals surface area contributed by atoms with Gasteiger partial charge in [0.15, 0.2) is 0 Å². The summed E-state index contributed by atoms with van der Waals surface area (Å²) < 4.78 is 5.60. The van der Waals surface area contributed by atoms with Crippen molar-refractivity contribution in [3.8, 4) is 5.75 Å². The van der Waals surface area contributed by atoms with Crippen LogP contribution in [0, 0.1) is 0 Å². The van der Waals surface area contributed by atoms with E-state index in [0.29, 0.717) is 4.91 Å². The molecule has 1 N–H and O–H groups in total. The fourth-order valence-electron chi connectivity index (χ4n) is 2.01. The number of hydrogen-bond donors (Lipinski definition) is 1. The van der Waals surface area contributed by atoms with E-state index in [1.807, 2.05) is 32.1 Å². The van der Waals surface area contributed by atoms with Crippen molar-refractivity contribution >= 4 is 22.9 Å². The van der Waals surface area contributed by atoms with E-state index in [9.17, 15) is 9.59 Å². The zero-order valence-electron chi connectivity index (χ0n) is 12.2. The summed E-state index contributed by atoms with van der Waals surface area (Å²) in [5.41, 5.74) is 1.24. The van der Waals surface area contributed by atoms with Crippen LogP contribution in [0.4, 0.5) is 4.79 Å². The Morgan fingerprint density at radius 2 is 1.95 bits per heavy atom. The van der Waals surface area contributed by atoms with Crippen LogP contribution < -0.4 is 10.1 Å². The molecule has 1 fully saturated rings. The van der Waals surface area contributed by atoms with Gasteiger partial charge in [0.2, 0.25) is 0 Å². The predicted octanol–water partition coefficient (Wildman–Crippen LogP) is 3.66. The summed E-state index contributed by atoms with van der Waals surface area (Å²) in [5, 5.41) is 1.96. The maximum absolute atomic E-state index is 11.3. The Bertz CT molecular complexity index is 549. The smallest absolute Gasteiger partial charge is 0.290 e. The lowest BCUT2D eigenvalue weighted by molar-refractivity contribution is -0.115. The van der Waals surface area contributed by atoms with E-state index >= 15 is 0 Å². The lowest BCUT2D eigenvalue weighted by Gasteiger charge is -2.09. The molecule has 1 heterocycles. The van der Waals surface area contributed by atoms with Crippen LogP contribution >= 0.6 is 11.8 Å². The van der Waals surface area contributed by atoms with Crippen molar-refractivity contribution in [2.75, 3.05) is 0 Å². The standard InChI is InChI=1S/C16H19NO3S/c1-11(2)20-13-9-7-12(8-10-13)5-3-4-6-14-15(18)17-16(19)21-14/h6-11H,3-5H2,1-2H3,(H,17,18,19). The summed E-state index contributed by atoms with van der Waals surface area (Å²) in [5.74, 6) is 0.605. The van der Waals surface area contributed by atoms with Crippen LogP contribution in [0.3, 0.4) is 0 Å². The van der Waals surface area contributed by atoms with Gasteiger partial charge in [-0.15, -0.1) is 0 Å². The number of imide groups is 1. The minimum atomic E-state index is -0.285. The zero-order valence-corrected chi connectivity index (χ0v) is 13.0. The molecule has 0 radical (unpaired) electrons. The minimum absolute atomic E-state index is 0.181. The van der Waals surface area contributed by atoms with Crippen LogP contribution in [0.5, 0.6) is 5.75 Å². The fraction of sp³-hybridized carbons (Fsp3) is 0.375. The second kappa shape index (κ2) is 7.31. The van der Waals surface area contributed by atoms with Gasteiger partial charge in [-0.05, 0) is 62.6 Å². The topological polar surface area (TPSA) is 55.4 Å². The SMILES string of the molecule is CC(C)Oc1ccc(CCCC=C2SC(=O)NC2=O)cc1. The van der Waals surface area contributed by atoms with Gasteiger partial charge >= 0.3 is 0 Å². The second-order valence-corrected chi connectivity index (χ2v) is 6.13. The number of hydrogen-bond acceptors (Lipinski definition) is 4. The van der Waals surface area contributed by atoms with E-state index in [1.165, 1.54) is 5.56 Å². The Morgan fingerprint density at radius 1 is 1.24 bits per heavy atom. The molecule has 2 amide bonds. The lowest BCUT2D eigenvalue weighted by Crippen LogP contribution is -2.17. The highest BCUT2D eigenvalue weighted by Gasteiger charge is 2.24. The Labute approximate surface area is 128 Å². The van der Waals surface area contributed by atoms with Gasteiger partial charge in [0, 0.05) is 0 Å². The first-order valence-electron chi connectivity index (χ1n) is 7.03. The van der Waals surface area contributed by atoms with Crippen molar-refractivity contribution in [2.45, 2.75) is 39.2 Å². The number of rotatable bonds is 6. The molecule has 2 rings (SSSR count). The highest BCUT2D eigenvalue weighted by atomic mass is 32.2. The van der Waals surface area contributed by atoms with Crippen molar-refractivity contribution in [3.63, 3.8) is 0 Å². The molecule has 0 unspecified atom stereocenters. The fourth-order valence-corrected chi connectivity index (χ4v) is 2.69. The number of amides is 2. The lowest BCUT2D eigenvalue weighted by atomic mass is 10.1. The Morgan fingerprint density at radius 3 is 2.52 bits per heavy atom. The predicted molar refractivity (Wildman–Crippen MR) is 84.4 cm³/mol. The molecule has 0 aromatic heterocycles. The quantitative estimate of drug-likeness (QED) is 0.643. The number of carbonyl (C=O) groups is 2. The van der Waals surface area contributed by atoms with Gasteiger partial charge in [-0.1, -0.05) is 18.2 Å². The summed E-state index contributed by atoms with van der Waals surface area (Å²) >= 11 is 0.972. The van der Waals surface area contributed by atoms with Crippen molar-refractivity contribution in [1.82, 2.24) is 5.32 Å². The molecule has 1 aromatic carbocycles. The van der Waals surface area contributed by atoms with Crippen molar-refractivity contribution < 1.29 is 14.3 Å². The number of aryl methyl sites for hydroxylation is 1. The third kappa shape index (κ3) is 4.93. The molecule has 0 spiro atoms. The molecular weight excluding hydrogens is 286 g/mol. The van der Waals surface area contributed by atoms with Crippen molar-refractivity contribution in [3.05, 3.63) is 40.8 Å². The second-order valence-electron chi connectivity index (χ2n) is 5.11. The van der Waals surface area contributed by atoms with E-state index in [4.69, 9.17) is 4.74 Å². The molecule has 0 atom stereocenters. The van der Waals surface area contributed by atoms with Crippen LogP contribution in [-0.2, 0) is 11.2 Å². The van der Waals surface area contributed by atoms with Crippen LogP contribution in [-0.4, -0.2) is 17.3 Å². The summed E-state index contributed by atoms with van der Waals surface area (Å²) in [7, 11) is 0. The van der Waals surface area contributed by atoms with Crippen LogP contribution in [0.15, 0.2) is 35.2 Å². The van der Waals surface area contributed by atoms with Gasteiger partial charge in [0.05, 0.1) is 11.0 Å². The summed E-state index contributed by atoms with van der Waals surface area (Å²) in [6.07, 6.45) is 4.68. The van der Waals surface area contributed by atoms with E-state index in [2.05, 4.69) is 17.4 Å². The molecule has 0 saturated carbocycles. The summed E-state index contributed by atoms with van der Waals surface area (Å²) in [4.78, 5) is 22.9. The molecule has 112 valence electrons. The minimum Gasteiger partial charge on any atom is -0.491 e. The third-order valence-corrected chi connectivity index (χ3v) is 3.80. The van der Waals surface area contributed by atoms with E-state index in [1.54, 1.807) is 0 Å². The van der Waals surface area contributed by atoms with Crippen LogP contribution in [0.1, 0.15) is 32.3 Å². The van der Waals surface area contributed by atoms with Crippen molar-refractivity contribution in [2.24, 2.45) is 0 Å². The van der Waals surface area contributed by atoms with E-state index in [-0.39, 0.29) is 17.3 Å². The number of allylic oxidation sites excluding steroid dienone is 1. The van der Waals surface area contributed by atoms with Crippen LogP contribution in [0.2, 0.25) is 0 Å². The molecule has 1 saturated heterocycles. The highest BCUT2D eigenvalue weighted by molar-refractivity contribution is 8.18. The normalized spacial score (nSPS) is 16.6. The van der Waals surface area contributed by atoms with Gasteiger partial charge in [0.1, 0.15) is 5.75 Å². The molecule has 21 heavy (non-hydrogen) atoms. The molecule has 1 aliphatic rings. The Balaban J connectivity index is 1.77. The maximum atomic E-state index is 11.3. The molecule has 0 aliphatic carbocycles. The van der Waals surface area contributed by atoms with Gasteiger partial charge in [0.25, 0.3) is 11.1 Å². The van der Waals surface area contributed by atoms with Gasteiger partial charge in [-0.3, -0.25) is 14.9 Å². The molecule has 5 heteroatoms. The number of nitrogens with one attached hydrogen (secondary N) is 1. The van der Waals surface area contributed by atoms with E-state index in [0.717, 1.165) is 36.8 Å². The summed E-state index contributed by atoms with van der Waals surface area (Å²) in [6, 6.07) is 8.08. The number of carbonyl (C=O) groups excluding carboxylic acids is 2. The highest BCUT2D eigenvalue weighted by Crippen LogP contribution is 2.24. The third-order valence-electron chi connectivity index (χ3n) is 2.94. The molecule has 1 aliphatic heterocycles. The van der Waals surface area contributed by atoms with Gasteiger partial charge in [-0.2, -0.15) is 0 Å². The molecule has 0 bridgehead atoms. The number of thioether (sulfide) groups is 1. The first-order chi connectivity index (χ1) is 10.0. The first kappa shape index (κ1) is 15.6. The maximum Gasteiger partial charge on any atom is 0.290 e. The average molecular weight is 305 g/mol. The number of benzene rings is 1. The molecular formula is C16H19NO3S. The number of unbranched alkanes of at least 4 members (excludes halogenated alkanes) is 1. The van der Waals surface area contributed by atoms with Crippen LogP contribution in [0.25, 0.3) is 0 Å². The monoisotopic (exact) mass is 305 g/mol. The largest absolute Gasteiger partial charge is 0.491 e. The average Bonchev–Trinajstić information content (AvgIpc) is 2.74. The molecule has 4 nitrogen and oxygen atoms in total. The number of ether oxygens (including phenoxy) is 1. The Hall–Kier alpha value is -1.75. The molecule has 1 aromatic rings. The first-order valence-corrected chi connectivity index (χ1v) is 7.85. The Kier molecular flexibility index (Phi) is 5.44. The summed E-state index contributed by atoms with van der Waals surface area (Å²) in [6.45, 7) is 4.01.